The van der Waals surface area contributed by atoms with E-state index >= 15 is 0 Å². The largest absolute Gasteiger partial charge is 0.444 e. The van der Waals surface area contributed by atoms with Crippen LogP contribution in [0.2, 0.25) is 0 Å². The van der Waals surface area contributed by atoms with Gasteiger partial charge in [0.1, 0.15) is 11.9 Å². The van der Waals surface area contributed by atoms with Crippen molar-refractivity contribution in [1.82, 2.24) is 5.32 Å². The fraction of sp³-hybridized carbons (Fsp3) is 0.692. The zero-order chi connectivity index (χ0) is 12.9. The van der Waals surface area contributed by atoms with Crippen molar-refractivity contribution in [2.45, 2.75) is 51.7 Å². The van der Waals surface area contributed by atoms with Gasteiger partial charge in [-0.1, -0.05) is 12.2 Å². The van der Waals surface area contributed by atoms with Crippen molar-refractivity contribution in [3.8, 4) is 0 Å². The van der Waals surface area contributed by atoms with Gasteiger partial charge in [-0.25, -0.2) is 4.79 Å². The van der Waals surface area contributed by atoms with Crippen molar-refractivity contribution in [1.29, 1.82) is 0 Å². The molecule has 0 saturated carbocycles. The molecule has 0 aromatic heterocycles. The second kappa shape index (κ2) is 5.84. The van der Waals surface area contributed by atoms with Gasteiger partial charge >= 0.3 is 6.09 Å². The van der Waals surface area contributed by atoms with Crippen LogP contribution < -0.4 is 5.32 Å². The maximum atomic E-state index is 11.6. The van der Waals surface area contributed by atoms with Crippen molar-refractivity contribution >= 4 is 12.4 Å². The van der Waals surface area contributed by atoms with Crippen LogP contribution in [0.4, 0.5) is 4.79 Å². The van der Waals surface area contributed by atoms with Crippen LogP contribution in [-0.2, 0) is 9.53 Å². The van der Waals surface area contributed by atoms with Crippen molar-refractivity contribution < 1.29 is 14.3 Å². The Balaban J connectivity index is 2.49. The smallest absolute Gasteiger partial charge is 0.408 e. The average molecular weight is 239 g/mol. The molecule has 0 aromatic rings. The van der Waals surface area contributed by atoms with Gasteiger partial charge in [0.15, 0.2) is 0 Å². The lowest BCUT2D eigenvalue weighted by Crippen LogP contribution is -2.44. The van der Waals surface area contributed by atoms with Crippen LogP contribution in [0.1, 0.15) is 40.0 Å². The third-order valence-electron chi connectivity index (χ3n) is 2.65. The Morgan fingerprint density at radius 2 is 2.18 bits per heavy atom. The monoisotopic (exact) mass is 239 g/mol. The molecule has 0 radical (unpaired) electrons. The second-order valence-corrected chi connectivity index (χ2v) is 5.35. The Morgan fingerprint density at radius 3 is 2.65 bits per heavy atom. The molecule has 1 aliphatic rings. The highest BCUT2D eigenvalue weighted by Gasteiger charge is 2.25. The minimum Gasteiger partial charge on any atom is -0.444 e. The van der Waals surface area contributed by atoms with Crippen LogP contribution >= 0.6 is 0 Å². The molecule has 0 saturated heterocycles. The van der Waals surface area contributed by atoms with E-state index in [-0.39, 0.29) is 5.92 Å². The Hall–Kier alpha value is -1.32. The molecular formula is C13H21NO3. The van der Waals surface area contributed by atoms with Crippen molar-refractivity contribution in [3.05, 3.63) is 12.2 Å². The van der Waals surface area contributed by atoms with Crippen LogP contribution in [0.25, 0.3) is 0 Å². The lowest BCUT2D eigenvalue weighted by molar-refractivity contribution is -0.110. The summed E-state index contributed by atoms with van der Waals surface area (Å²) in [6.07, 6.45) is 7.16. The van der Waals surface area contributed by atoms with E-state index in [4.69, 9.17) is 4.74 Å². The molecule has 4 heteroatoms. The fourth-order valence-electron chi connectivity index (χ4n) is 1.85. The van der Waals surface area contributed by atoms with Gasteiger partial charge in [0.05, 0.1) is 6.04 Å². The first-order valence-corrected chi connectivity index (χ1v) is 6.02. The maximum absolute atomic E-state index is 11.6. The van der Waals surface area contributed by atoms with Gasteiger partial charge < -0.3 is 14.8 Å². The summed E-state index contributed by atoms with van der Waals surface area (Å²) in [6, 6.07) is -0.449. The van der Waals surface area contributed by atoms with Gasteiger partial charge in [0.25, 0.3) is 0 Å². The Labute approximate surface area is 102 Å². The van der Waals surface area contributed by atoms with Crippen molar-refractivity contribution in [2.75, 3.05) is 0 Å². The lowest BCUT2D eigenvalue weighted by atomic mass is 9.88. The van der Waals surface area contributed by atoms with E-state index in [2.05, 4.69) is 17.5 Å². The molecule has 4 nitrogen and oxygen atoms in total. The molecule has 2 unspecified atom stereocenters. The quantitative estimate of drug-likeness (QED) is 0.608. The van der Waals surface area contributed by atoms with Crippen LogP contribution in [0.3, 0.4) is 0 Å². The number of amides is 1. The number of rotatable bonds is 3. The number of carbonyl (C=O) groups excluding carboxylic acids is 2. The van der Waals surface area contributed by atoms with E-state index in [9.17, 15) is 9.59 Å². The number of hydrogen-bond acceptors (Lipinski definition) is 3. The average Bonchev–Trinajstić information content (AvgIpc) is 2.24. The van der Waals surface area contributed by atoms with E-state index in [1.165, 1.54) is 0 Å². The number of allylic oxidation sites excluding steroid dienone is 2. The van der Waals surface area contributed by atoms with Crippen molar-refractivity contribution in [3.63, 3.8) is 0 Å². The SMILES string of the molecule is CC(C)(C)OC(=O)NC(C=O)C1CC=CCC1. The Morgan fingerprint density at radius 1 is 1.47 bits per heavy atom. The molecular weight excluding hydrogens is 218 g/mol. The molecule has 0 heterocycles. The predicted octanol–water partition coefficient (Wildman–Crippen LogP) is 2.43. The van der Waals surface area contributed by atoms with E-state index in [0.717, 1.165) is 25.5 Å². The van der Waals surface area contributed by atoms with Crippen LogP contribution in [0.5, 0.6) is 0 Å². The standard InChI is InChI=1S/C13H21NO3/c1-13(2,3)17-12(16)14-11(9-15)10-7-5-4-6-8-10/h4-5,9-11H,6-8H2,1-3H3,(H,14,16). The first-order valence-electron chi connectivity index (χ1n) is 6.02. The molecule has 2 atom stereocenters. The Bertz CT molecular complexity index is 304. The molecule has 1 rings (SSSR count). The summed E-state index contributed by atoms with van der Waals surface area (Å²) in [5.74, 6) is 0.185. The van der Waals surface area contributed by atoms with Gasteiger partial charge in [0, 0.05) is 0 Å². The number of hydrogen-bond donors (Lipinski definition) is 1. The zero-order valence-electron chi connectivity index (χ0n) is 10.7. The minimum atomic E-state index is -0.538. The molecule has 1 amide bonds. The molecule has 0 aromatic carbocycles. The van der Waals surface area contributed by atoms with Gasteiger partial charge in [-0.3, -0.25) is 0 Å². The summed E-state index contributed by atoms with van der Waals surface area (Å²) in [5, 5.41) is 2.63. The molecule has 1 N–H and O–H groups in total. The molecule has 0 fully saturated rings. The van der Waals surface area contributed by atoms with Gasteiger partial charge in [0.2, 0.25) is 0 Å². The van der Waals surface area contributed by atoms with Gasteiger partial charge in [-0.15, -0.1) is 0 Å². The van der Waals surface area contributed by atoms with Crippen LogP contribution in [0, 0.1) is 5.92 Å². The second-order valence-electron chi connectivity index (χ2n) is 5.35. The fourth-order valence-corrected chi connectivity index (χ4v) is 1.85. The number of alkyl carbamates (subject to hydrolysis) is 1. The first kappa shape index (κ1) is 13.7. The number of aldehydes is 1. The van der Waals surface area contributed by atoms with E-state index in [1.54, 1.807) is 20.8 Å². The highest BCUT2D eigenvalue weighted by Crippen LogP contribution is 2.21. The molecule has 0 aliphatic heterocycles. The normalized spacial score (nSPS) is 21.7. The summed E-state index contributed by atoms with van der Waals surface area (Å²) in [4.78, 5) is 22.6. The molecule has 1 aliphatic carbocycles. The van der Waals surface area contributed by atoms with Gasteiger partial charge in [-0.05, 0) is 46.0 Å². The minimum absolute atomic E-state index is 0.185. The highest BCUT2D eigenvalue weighted by molar-refractivity contribution is 5.73. The molecule has 0 bridgehead atoms. The van der Waals surface area contributed by atoms with Gasteiger partial charge in [-0.2, -0.15) is 0 Å². The van der Waals surface area contributed by atoms with Crippen LogP contribution in [-0.4, -0.2) is 24.0 Å². The third kappa shape index (κ3) is 5.02. The summed E-state index contributed by atoms with van der Waals surface area (Å²) in [6.45, 7) is 5.39. The topological polar surface area (TPSA) is 55.4 Å². The lowest BCUT2D eigenvalue weighted by Gasteiger charge is -2.26. The highest BCUT2D eigenvalue weighted by atomic mass is 16.6. The summed E-state index contributed by atoms with van der Waals surface area (Å²) in [7, 11) is 0. The zero-order valence-corrected chi connectivity index (χ0v) is 10.7. The first-order chi connectivity index (χ1) is 7.92. The van der Waals surface area contributed by atoms with E-state index < -0.39 is 17.7 Å². The predicted molar refractivity (Wildman–Crippen MR) is 65.7 cm³/mol. The van der Waals surface area contributed by atoms with Crippen LogP contribution in [0.15, 0.2) is 12.2 Å². The maximum Gasteiger partial charge on any atom is 0.408 e. The number of ether oxygens (including phenoxy) is 1. The summed E-state index contributed by atoms with van der Waals surface area (Å²) >= 11 is 0. The van der Waals surface area contributed by atoms with Crippen molar-refractivity contribution in [2.24, 2.45) is 5.92 Å². The van der Waals surface area contributed by atoms with E-state index in [0.29, 0.717) is 0 Å². The third-order valence-corrected chi connectivity index (χ3v) is 2.65. The number of nitrogens with one attached hydrogen (secondary N) is 1. The summed E-state index contributed by atoms with van der Waals surface area (Å²) < 4.78 is 5.13. The number of carbonyl (C=O) groups is 2. The molecule has 0 spiro atoms. The molecule has 96 valence electrons. The molecule has 17 heavy (non-hydrogen) atoms. The Kier molecular flexibility index (Phi) is 4.73. The summed E-state index contributed by atoms with van der Waals surface area (Å²) in [5.41, 5.74) is -0.538. The van der Waals surface area contributed by atoms with E-state index in [1.807, 2.05) is 0 Å².